The topological polar surface area (TPSA) is 58.9 Å². The van der Waals surface area contributed by atoms with Crippen LogP contribution in [0.3, 0.4) is 0 Å². The minimum absolute atomic E-state index is 0.0468. The molecule has 2 fully saturated rings. The van der Waals surface area contributed by atoms with Crippen molar-refractivity contribution in [2.45, 2.75) is 43.5 Å². The van der Waals surface area contributed by atoms with Crippen molar-refractivity contribution in [2.24, 2.45) is 0 Å². The normalized spacial score (nSPS) is 29.6. The summed E-state index contributed by atoms with van der Waals surface area (Å²) < 4.78 is 11.1. The van der Waals surface area contributed by atoms with Crippen molar-refractivity contribution in [1.29, 1.82) is 0 Å². The van der Waals surface area contributed by atoms with E-state index in [1.165, 1.54) is 0 Å². The van der Waals surface area contributed by atoms with Crippen LogP contribution in [0, 0.1) is 0 Å². The summed E-state index contributed by atoms with van der Waals surface area (Å²) in [6.45, 7) is 1.38. The maximum Gasteiger partial charge on any atom is 0.168 e. The van der Waals surface area contributed by atoms with E-state index < -0.39 is 11.4 Å². The van der Waals surface area contributed by atoms with Crippen LogP contribution in [0.15, 0.2) is 0 Å². The van der Waals surface area contributed by atoms with Crippen LogP contribution in [0.1, 0.15) is 32.1 Å². The Morgan fingerprint density at radius 2 is 1.57 bits per heavy atom. The molecule has 4 heteroatoms. The maximum atomic E-state index is 10.0. The second-order valence-corrected chi connectivity index (χ2v) is 4.31. The monoisotopic (exact) mass is 203 g/mol. The number of hydrogen-bond donors (Lipinski definition) is 2. The summed E-state index contributed by atoms with van der Waals surface area (Å²) in [4.78, 5) is 0. The van der Waals surface area contributed by atoms with Gasteiger partial charge in [0.1, 0.15) is 0 Å². The molecule has 0 unspecified atom stereocenters. The van der Waals surface area contributed by atoms with E-state index in [4.69, 9.17) is 14.6 Å². The molecule has 0 aromatic rings. The molecule has 2 N–H and O–H groups in total. The van der Waals surface area contributed by atoms with Gasteiger partial charge in [0.25, 0.3) is 0 Å². The number of ether oxygens (including phenoxy) is 2. The zero-order chi connectivity index (χ0) is 10.1. The van der Waals surface area contributed by atoms with Crippen LogP contribution in [0.4, 0.5) is 0 Å². The number of aliphatic hydroxyl groups excluding tert-OH is 1. The van der Waals surface area contributed by atoms with Crippen molar-refractivity contribution in [1.82, 2.24) is 0 Å². The van der Waals surface area contributed by atoms with Crippen molar-refractivity contribution < 1.29 is 19.7 Å². The van der Waals surface area contributed by atoms with E-state index in [-0.39, 0.29) is 6.61 Å². The molecule has 1 spiro atoms. The second kappa shape index (κ2) is 3.77. The van der Waals surface area contributed by atoms with E-state index in [0.717, 1.165) is 12.8 Å². The molecule has 1 saturated heterocycles. The smallest absolute Gasteiger partial charge is 0.168 e. The molecule has 0 bridgehead atoms. The van der Waals surface area contributed by atoms with E-state index in [1.54, 1.807) is 0 Å². The molecule has 1 aliphatic carbocycles. The van der Waals surface area contributed by atoms with Gasteiger partial charge in [-0.25, -0.2) is 0 Å². The van der Waals surface area contributed by atoms with Gasteiger partial charge in [0.15, 0.2) is 5.79 Å². The van der Waals surface area contributed by atoms with Crippen LogP contribution >= 0.6 is 0 Å². The number of rotatable bonds is 2. The molecular weight excluding hydrogens is 185 g/mol. The van der Waals surface area contributed by atoms with Crippen molar-refractivity contribution in [3.8, 4) is 0 Å². The summed E-state index contributed by atoms with van der Waals surface area (Å²) in [5, 5.41) is 18.9. The van der Waals surface area contributed by atoms with Crippen LogP contribution in [0.2, 0.25) is 0 Å². The molecule has 0 aromatic carbocycles. The largest absolute Gasteiger partial charge is 0.396 e. The lowest BCUT2D eigenvalue weighted by molar-refractivity contribution is -0.204. The molecule has 0 aromatic heterocycles. The summed E-state index contributed by atoms with van der Waals surface area (Å²) >= 11 is 0. The molecule has 0 atom stereocenters. The first-order valence-corrected chi connectivity index (χ1v) is 5.29. The van der Waals surface area contributed by atoms with Crippen LogP contribution in [-0.2, 0) is 9.47 Å². The van der Waals surface area contributed by atoms with Gasteiger partial charge in [-0.3, -0.25) is 0 Å². The molecule has 0 amide bonds. The van der Waals surface area contributed by atoms with Gasteiger partial charge in [-0.1, -0.05) is 0 Å². The van der Waals surface area contributed by atoms with E-state index in [9.17, 15) is 5.11 Å². The van der Waals surface area contributed by atoms with Gasteiger partial charge < -0.3 is 19.7 Å². The summed E-state index contributed by atoms with van der Waals surface area (Å²) in [7, 11) is 0. The Morgan fingerprint density at radius 3 is 2.07 bits per heavy atom. The second-order valence-electron chi connectivity index (χ2n) is 4.31. The Bertz CT molecular complexity index is 188. The summed E-state index contributed by atoms with van der Waals surface area (Å²) in [5.74, 6) is -0.415. The molecule has 82 valence electrons. The average molecular weight is 203 g/mol. The van der Waals surface area contributed by atoms with E-state index in [2.05, 4.69) is 0 Å². The van der Waals surface area contributed by atoms with Crippen LogP contribution in [0.5, 0.6) is 0 Å². The lowest BCUT2D eigenvalue weighted by Crippen LogP contribution is -2.44. The van der Waals surface area contributed by atoms with Crippen LogP contribution in [-0.4, -0.2) is 41.4 Å². The Labute approximate surface area is 83.8 Å². The average Bonchev–Trinajstić information content (AvgIpc) is 2.61. The maximum absolute atomic E-state index is 10.0. The van der Waals surface area contributed by atoms with Gasteiger partial charge in [0, 0.05) is 19.4 Å². The Balaban J connectivity index is 1.90. The predicted molar refractivity (Wildman–Crippen MR) is 49.8 cm³/mol. The lowest BCUT2D eigenvalue weighted by Gasteiger charge is -2.40. The van der Waals surface area contributed by atoms with Gasteiger partial charge in [-0.2, -0.15) is 0 Å². The third-order valence-corrected chi connectivity index (χ3v) is 3.33. The van der Waals surface area contributed by atoms with E-state index in [0.29, 0.717) is 32.5 Å². The number of hydrogen-bond acceptors (Lipinski definition) is 4. The molecule has 1 aliphatic heterocycles. The molecule has 2 rings (SSSR count). The standard InChI is InChI=1S/C10H18O4/c11-6-5-9(12)1-3-10(4-2-9)13-7-8-14-10/h11-12H,1-8H2/i5+1. The fourth-order valence-electron chi connectivity index (χ4n) is 2.34. The third kappa shape index (κ3) is 1.93. The molecule has 1 saturated carbocycles. The molecular formula is C10H18O4. The van der Waals surface area contributed by atoms with Gasteiger partial charge in [0.2, 0.25) is 0 Å². The third-order valence-electron chi connectivity index (χ3n) is 3.33. The van der Waals surface area contributed by atoms with Gasteiger partial charge in [-0.05, 0) is 19.3 Å². The fourth-order valence-corrected chi connectivity index (χ4v) is 2.34. The Kier molecular flexibility index (Phi) is 2.79. The predicted octanol–water partition coefficient (Wildman–Crippen LogP) is 0.417. The molecule has 4 nitrogen and oxygen atoms in total. The van der Waals surface area contributed by atoms with E-state index in [1.807, 2.05) is 0 Å². The van der Waals surface area contributed by atoms with Crippen LogP contribution < -0.4 is 0 Å². The Hall–Kier alpha value is -0.160. The highest BCUT2D eigenvalue weighted by Gasteiger charge is 2.45. The SMILES string of the molecule is OC[13CH2]C1(O)CCC2(CC1)OCCO2. The molecule has 14 heavy (non-hydrogen) atoms. The van der Waals surface area contributed by atoms with Crippen molar-refractivity contribution in [3.63, 3.8) is 0 Å². The van der Waals surface area contributed by atoms with E-state index >= 15 is 0 Å². The van der Waals surface area contributed by atoms with Crippen molar-refractivity contribution in [3.05, 3.63) is 0 Å². The molecule has 0 radical (unpaired) electrons. The molecule has 2 aliphatic rings. The van der Waals surface area contributed by atoms with Crippen molar-refractivity contribution in [2.75, 3.05) is 19.8 Å². The zero-order valence-corrected chi connectivity index (χ0v) is 8.37. The van der Waals surface area contributed by atoms with Crippen molar-refractivity contribution >= 4 is 0 Å². The summed E-state index contributed by atoms with van der Waals surface area (Å²) in [6.07, 6.45) is 3.26. The first-order chi connectivity index (χ1) is 6.68. The van der Waals surface area contributed by atoms with Gasteiger partial charge in [-0.15, -0.1) is 0 Å². The van der Waals surface area contributed by atoms with Crippen LogP contribution in [0.25, 0.3) is 0 Å². The van der Waals surface area contributed by atoms with Gasteiger partial charge >= 0.3 is 0 Å². The minimum Gasteiger partial charge on any atom is -0.396 e. The first-order valence-electron chi connectivity index (χ1n) is 5.29. The summed E-state index contributed by atoms with van der Waals surface area (Å²) in [5.41, 5.74) is -0.699. The number of aliphatic hydroxyl groups is 2. The Morgan fingerprint density at radius 1 is 1.00 bits per heavy atom. The van der Waals surface area contributed by atoms with Gasteiger partial charge in [0.05, 0.1) is 18.8 Å². The zero-order valence-electron chi connectivity index (χ0n) is 8.37. The molecule has 1 heterocycles. The highest BCUT2D eigenvalue weighted by Crippen LogP contribution is 2.41. The quantitative estimate of drug-likeness (QED) is 0.638. The first kappa shape index (κ1) is 10.4. The lowest BCUT2D eigenvalue weighted by atomic mass is 9.85. The highest BCUT2D eigenvalue weighted by atomic mass is 16.7. The fraction of sp³-hybridized carbons (Fsp3) is 1.00. The highest BCUT2D eigenvalue weighted by molar-refractivity contribution is 4.91. The minimum atomic E-state index is -0.699. The summed E-state index contributed by atoms with van der Waals surface area (Å²) in [6, 6.07) is 0.